The standard InChI is InChI=1S/C17H10F3N3O4/c18-17(19,20)12-1-2-13(22-9-12)11(8-21)5-10-6-15-16(27-4-3-26-15)7-14(10)23(24)25/h1-2,5-7,9H,3-4H2. The SMILES string of the molecule is N#CC(=Cc1cc2c(cc1[N+](=O)[O-])OCCO2)c1ccc(C(F)(F)F)cn1. The van der Waals surface area contributed by atoms with Gasteiger partial charge in [0, 0.05) is 6.20 Å². The largest absolute Gasteiger partial charge is 0.486 e. The smallest absolute Gasteiger partial charge is 0.417 e. The van der Waals surface area contributed by atoms with Crippen molar-refractivity contribution in [1.82, 2.24) is 4.98 Å². The van der Waals surface area contributed by atoms with Gasteiger partial charge in [0.05, 0.1) is 33.4 Å². The van der Waals surface area contributed by atoms with Crippen molar-refractivity contribution in [3.63, 3.8) is 0 Å². The molecule has 2 aromatic rings. The van der Waals surface area contributed by atoms with Crippen LogP contribution in [0.1, 0.15) is 16.8 Å². The van der Waals surface area contributed by atoms with Crippen LogP contribution in [0.3, 0.4) is 0 Å². The van der Waals surface area contributed by atoms with Gasteiger partial charge in [-0.05, 0) is 24.3 Å². The van der Waals surface area contributed by atoms with E-state index >= 15 is 0 Å². The number of pyridine rings is 1. The van der Waals surface area contributed by atoms with Gasteiger partial charge in [-0.25, -0.2) is 0 Å². The number of alkyl halides is 3. The number of nitro groups is 1. The monoisotopic (exact) mass is 377 g/mol. The van der Waals surface area contributed by atoms with Gasteiger partial charge in [-0.1, -0.05) is 0 Å². The third-order valence-electron chi connectivity index (χ3n) is 3.68. The van der Waals surface area contributed by atoms with E-state index in [1.807, 2.05) is 0 Å². The van der Waals surface area contributed by atoms with E-state index in [1.54, 1.807) is 6.07 Å². The first-order chi connectivity index (χ1) is 12.8. The highest BCUT2D eigenvalue weighted by Gasteiger charge is 2.30. The number of benzene rings is 1. The molecule has 1 aromatic carbocycles. The number of nitrogens with zero attached hydrogens (tertiary/aromatic N) is 3. The number of rotatable bonds is 3. The third-order valence-corrected chi connectivity index (χ3v) is 3.68. The molecule has 0 atom stereocenters. The van der Waals surface area contributed by atoms with Gasteiger partial charge in [-0.3, -0.25) is 15.1 Å². The molecule has 0 bridgehead atoms. The summed E-state index contributed by atoms with van der Waals surface area (Å²) in [6, 6.07) is 6.12. The van der Waals surface area contributed by atoms with Crippen LogP contribution in [0.25, 0.3) is 11.6 Å². The minimum absolute atomic E-state index is 0.0440. The Hall–Kier alpha value is -3.61. The zero-order valence-electron chi connectivity index (χ0n) is 13.5. The summed E-state index contributed by atoms with van der Waals surface area (Å²) in [5.74, 6) is 0.479. The molecule has 138 valence electrons. The van der Waals surface area contributed by atoms with E-state index in [0.717, 1.165) is 12.1 Å². The lowest BCUT2D eigenvalue weighted by Gasteiger charge is -2.18. The quantitative estimate of drug-likeness (QED) is 0.458. The van der Waals surface area contributed by atoms with Crippen LogP contribution < -0.4 is 9.47 Å². The number of fused-ring (bicyclic) bond motifs is 1. The predicted molar refractivity (Wildman–Crippen MR) is 86.8 cm³/mol. The highest BCUT2D eigenvalue weighted by molar-refractivity contribution is 5.90. The second kappa shape index (κ2) is 6.95. The number of nitriles is 1. The average Bonchev–Trinajstić information content (AvgIpc) is 2.64. The van der Waals surface area contributed by atoms with E-state index in [1.165, 1.54) is 18.2 Å². The summed E-state index contributed by atoms with van der Waals surface area (Å²) in [7, 11) is 0. The molecular formula is C17H10F3N3O4. The summed E-state index contributed by atoms with van der Waals surface area (Å²) in [6.45, 7) is 0.512. The van der Waals surface area contributed by atoms with Crippen LogP contribution in [0.15, 0.2) is 30.5 Å². The summed E-state index contributed by atoms with van der Waals surface area (Å²) in [5, 5.41) is 20.7. The molecule has 0 spiro atoms. The number of hydrogen-bond acceptors (Lipinski definition) is 6. The van der Waals surface area contributed by atoms with Crippen molar-refractivity contribution in [3.05, 3.63) is 57.4 Å². The van der Waals surface area contributed by atoms with Crippen molar-refractivity contribution < 1.29 is 27.6 Å². The van der Waals surface area contributed by atoms with E-state index < -0.39 is 16.7 Å². The molecule has 27 heavy (non-hydrogen) atoms. The number of allylic oxidation sites excluding steroid dienone is 1. The highest BCUT2D eigenvalue weighted by atomic mass is 19.4. The second-order valence-corrected chi connectivity index (χ2v) is 5.41. The Labute approximate surface area is 150 Å². The zero-order valence-corrected chi connectivity index (χ0v) is 13.5. The van der Waals surface area contributed by atoms with Crippen LogP contribution in [0.4, 0.5) is 18.9 Å². The van der Waals surface area contributed by atoms with E-state index in [2.05, 4.69) is 4.98 Å². The Kier molecular flexibility index (Phi) is 4.68. The Morgan fingerprint density at radius 3 is 2.44 bits per heavy atom. The molecule has 0 saturated heterocycles. The normalized spacial score (nSPS) is 13.8. The summed E-state index contributed by atoms with van der Waals surface area (Å²) in [5.41, 5.74) is -1.44. The van der Waals surface area contributed by atoms with Crippen LogP contribution >= 0.6 is 0 Å². The molecule has 1 aromatic heterocycles. The van der Waals surface area contributed by atoms with Gasteiger partial charge < -0.3 is 9.47 Å². The van der Waals surface area contributed by atoms with Crippen molar-refractivity contribution >= 4 is 17.3 Å². The summed E-state index contributed by atoms with van der Waals surface area (Å²) >= 11 is 0. The molecule has 0 amide bonds. The minimum Gasteiger partial charge on any atom is -0.486 e. The molecule has 1 aliphatic heterocycles. The van der Waals surface area contributed by atoms with Gasteiger partial charge in [0.2, 0.25) is 0 Å². The van der Waals surface area contributed by atoms with Gasteiger partial charge in [0.15, 0.2) is 11.5 Å². The van der Waals surface area contributed by atoms with Gasteiger partial charge in [0.1, 0.15) is 19.3 Å². The van der Waals surface area contributed by atoms with Crippen LogP contribution in [-0.2, 0) is 6.18 Å². The first-order valence-corrected chi connectivity index (χ1v) is 7.53. The molecule has 2 heterocycles. The molecule has 0 aliphatic carbocycles. The first-order valence-electron chi connectivity index (χ1n) is 7.53. The maximum absolute atomic E-state index is 12.6. The molecule has 1 aliphatic rings. The van der Waals surface area contributed by atoms with Crippen LogP contribution in [0.2, 0.25) is 0 Å². The fourth-order valence-corrected chi connectivity index (χ4v) is 2.41. The van der Waals surface area contributed by atoms with Crippen molar-refractivity contribution in [2.75, 3.05) is 13.2 Å². The van der Waals surface area contributed by atoms with Crippen molar-refractivity contribution in [2.45, 2.75) is 6.18 Å². The zero-order chi connectivity index (χ0) is 19.6. The average molecular weight is 377 g/mol. The van der Waals surface area contributed by atoms with Crippen LogP contribution in [0, 0.1) is 21.4 Å². The molecule has 0 saturated carbocycles. The fourth-order valence-electron chi connectivity index (χ4n) is 2.41. The van der Waals surface area contributed by atoms with Crippen LogP contribution in [0.5, 0.6) is 11.5 Å². The maximum atomic E-state index is 12.6. The molecule has 0 N–H and O–H groups in total. The minimum atomic E-state index is -4.56. The van der Waals surface area contributed by atoms with Crippen LogP contribution in [-0.4, -0.2) is 23.1 Å². The summed E-state index contributed by atoms with van der Waals surface area (Å²) in [4.78, 5) is 14.3. The lowest BCUT2D eigenvalue weighted by Crippen LogP contribution is -2.15. The topological polar surface area (TPSA) is 98.3 Å². The second-order valence-electron chi connectivity index (χ2n) is 5.41. The number of halogens is 3. The van der Waals surface area contributed by atoms with E-state index in [-0.39, 0.29) is 47.2 Å². The van der Waals surface area contributed by atoms with Crippen molar-refractivity contribution in [2.24, 2.45) is 0 Å². The molecule has 7 nitrogen and oxygen atoms in total. The van der Waals surface area contributed by atoms with Crippen molar-refractivity contribution in [3.8, 4) is 17.6 Å². The molecule has 10 heteroatoms. The number of aromatic nitrogens is 1. The maximum Gasteiger partial charge on any atom is 0.417 e. The lowest BCUT2D eigenvalue weighted by atomic mass is 10.1. The Balaban J connectivity index is 2.05. The Bertz CT molecular complexity index is 963. The molecule has 3 rings (SSSR count). The third kappa shape index (κ3) is 3.82. The number of hydrogen-bond donors (Lipinski definition) is 0. The van der Waals surface area contributed by atoms with Gasteiger partial charge >= 0.3 is 6.18 Å². The Morgan fingerprint density at radius 1 is 1.26 bits per heavy atom. The van der Waals surface area contributed by atoms with Gasteiger partial charge in [0.25, 0.3) is 5.69 Å². The van der Waals surface area contributed by atoms with E-state index in [0.29, 0.717) is 6.20 Å². The lowest BCUT2D eigenvalue weighted by molar-refractivity contribution is -0.385. The van der Waals surface area contributed by atoms with E-state index in [9.17, 15) is 28.5 Å². The molecular weight excluding hydrogens is 367 g/mol. The van der Waals surface area contributed by atoms with E-state index in [4.69, 9.17) is 9.47 Å². The summed E-state index contributed by atoms with van der Waals surface area (Å²) < 4.78 is 48.6. The van der Waals surface area contributed by atoms with Gasteiger partial charge in [-0.2, -0.15) is 18.4 Å². The number of ether oxygens (including phenoxy) is 2. The first kappa shape index (κ1) is 18.2. The molecule has 0 fully saturated rings. The highest BCUT2D eigenvalue weighted by Crippen LogP contribution is 2.38. The van der Waals surface area contributed by atoms with Gasteiger partial charge in [-0.15, -0.1) is 0 Å². The number of nitro benzene ring substituents is 1. The predicted octanol–water partition coefficient (Wildman–Crippen LogP) is 3.84. The Morgan fingerprint density at radius 2 is 1.93 bits per heavy atom. The molecule has 0 radical (unpaired) electrons. The van der Waals surface area contributed by atoms with Crippen molar-refractivity contribution in [1.29, 1.82) is 5.26 Å². The molecule has 0 unspecified atom stereocenters. The fraction of sp³-hybridized carbons (Fsp3) is 0.176. The summed E-state index contributed by atoms with van der Waals surface area (Å²) in [6.07, 6.45) is -2.79.